The van der Waals surface area contributed by atoms with Gasteiger partial charge in [-0.05, 0) is 43.5 Å². The van der Waals surface area contributed by atoms with Gasteiger partial charge >= 0.3 is 6.18 Å². The van der Waals surface area contributed by atoms with Gasteiger partial charge in [0, 0.05) is 17.7 Å². The lowest BCUT2D eigenvalue weighted by Gasteiger charge is -2.25. The van der Waals surface area contributed by atoms with Crippen LogP contribution >= 0.6 is 11.6 Å². The summed E-state index contributed by atoms with van der Waals surface area (Å²) >= 11 is 6.34. The number of hydrogen-bond donors (Lipinski definition) is 1. The van der Waals surface area contributed by atoms with Crippen LogP contribution in [0.3, 0.4) is 0 Å². The number of amides is 1. The fourth-order valence-electron chi connectivity index (χ4n) is 2.83. The summed E-state index contributed by atoms with van der Waals surface area (Å²) in [5, 5.41) is 0.451. The van der Waals surface area contributed by atoms with Crippen molar-refractivity contribution in [1.29, 1.82) is 0 Å². The molecule has 0 radical (unpaired) electrons. The molecule has 0 aromatic heterocycles. The topological polar surface area (TPSA) is 52.3 Å². The Hall–Kier alpha value is -2.05. The maximum atomic E-state index is 13.0. The zero-order chi connectivity index (χ0) is 20.4. The van der Waals surface area contributed by atoms with Crippen LogP contribution in [0.15, 0.2) is 42.5 Å². The first kappa shape index (κ1) is 21.3. The van der Waals surface area contributed by atoms with Crippen LogP contribution in [0.1, 0.15) is 42.0 Å². The number of rotatable bonds is 6. The molecule has 1 atom stereocenters. The Morgan fingerprint density at radius 1 is 1.19 bits per heavy atom. The van der Waals surface area contributed by atoms with E-state index in [-0.39, 0.29) is 12.0 Å². The van der Waals surface area contributed by atoms with Crippen LogP contribution in [0.2, 0.25) is 5.02 Å². The lowest BCUT2D eigenvalue weighted by atomic mass is 9.89. The van der Waals surface area contributed by atoms with Crippen LogP contribution in [-0.4, -0.2) is 13.0 Å². The standard InChI is InChI=1S/C20H21ClF3NO2/c1-19(2,27-3)16-8-7-12(10-17(16)21)9-15(18(25)26)13-5-4-6-14(11-13)20(22,23)24/h4-8,10-11,15H,9H2,1-3H3,(H2,25,26). The summed E-state index contributed by atoms with van der Waals surface area (Å²) in [5.41, 5.74) is 5.72. The lowest BCUT2D eigenvalue weighted by molar-refractivity contribution is -0.137. The van der Waals surface area contributed by atoms with Crippen molar-refractivity contribution >= 4 is 17.5 Å². The number of hydrogen-bond acceptors (Lipinski definition) is 2. The number of alkyl halides is 3. The summed E-state index contributed by atoms with van der Waals surface area (Å²) < 4.78 is 44.3. The van der Waals surface area contributed by atoms with E-state index < -0.39 is 29.2 Å². The molecule has 1 unspecified atom stereocenters. The second-order valence-electron chi connectivity index (χ2n) is 6.81. The quantitative estimate of drug-likeness (QED) is 0.738. The van der Waals surface area contributed by atoms with Crippen molar-refractivity contribution in [2.24, 2.45) is 5.73 Å². The second-order valence-corrected chi connectivity index (χ2v) is 7.22. The number of carbonyl (C=O) groups is 1. The van der Waals surface area contributed by atoms with Gasteiger partial charge in [0.2, 0.25) is 5.91 Å². The molecule has 0 aliphatic heterocycles. The van der Waals surface area contributed by atoms with Crippen LogP contribution in [0.5, 0.6) is 0 Å². The number of carbonyl (C=O) groups excluding carboxylic acids is 1. The normalized spacial score (nSPS) is 13.4. The minimum absolute atomic E-state index is 0.143. The second kappa shape index (κ2) is 7.90. The summed E-state index contributed by atoms with van der Waals surface area (Å²) in [5.74, 6) is -1.60. The van der Waals surface area contributed by atoms with Crippen molar-refractivity contribution in [3.63, 3.8) is 0 Å². The molecule has 0 fully saturated rings. The molecular weight excluding hydrogens is 379 g/mol. The van der Waals surface area contributed by atoms with Crippen LogP contribution in [0, 0.1) is 0 Å². The number of methoxy groups -OCH3 is 1. The van der Waals surface area contributed by atoms with Crippen molar-refractivity contribution in [3.8, 4) is 0 Å². The summed E-state index contributed by atoms with van der Waals surface area (Å²) in [7, 11) is 1.57. The van der Waals surface area contributed by atoms with Crippen molar-refractivity contribution < 1.29 is 22.7 Å². The molecule has 2 N–H and O–H groups in total. The van der Waals surface area contributed by atoms with Crippen LogP contribution in [0.25, 0.3) is 0 Å². The molecule has 0 heterocycles. The summed E-state index contributed by atoms with van der Waals surface area (Å²) in [6, 6.07) is 9.89. The molecule has 3 nitrogen and oxygen atoms in total. The van der Waals surface area contributed by atoms with Crippen molar-refractivity contribution in [2.45, 2.75) is 38.0 Å². The molecule has 0 saturated carbocycles. The van der Waals surface area contributed by atoms with E-state index in [1.807, 2.05) is 13.8 Å². The highest BCUT2D eigenvalue weighted by Crippen LogP contribution is 2.34. The first-order chi connectivity index (χ1) is 12.5. The van der Waals surface area contributed by atoms with E-state index in [0.29, 0.717) is 10.6 Å². The van der Waals surface area contributed by atoms with E-state index in [1.54, 1.807) is 25.3 Å². The molecule has 0 aliphatic rings. The predicted octanol–water partition coefficient (Wildman–Crippen LogP) is 5.05. The van der Waals surface area contributed by atoms with Gasteiger partial charge in [0.15, 0.2) is 0 Å². The Kier molecular flexibility index (Phi) is 6.22. The fraction of sp³-hybridized carbons (Fsp3) is 0.350. The smallest absolute Gasteiger partial charge is 0.374 e. The third-order valence-electron chi connectivity index (χ3n) is 4.59. The van der Waals surface area contributed by atoms with Crippen molar-refractivity contribution in [2.75, 3.05) is 7.11 Å². The largest absolute Gasteiger partial charge is 0.416 e. The third-order valence-corrected chi connectivity index (χ3v) is 4.90. The van der Waals surface area contributed by atoms with Crippen LogP contribution < -0.4 is 5.73 Å². The Morgan fingerprint density at radius 2 is 1.85 bits per heavy atom. The minimum atomic E-state index is -4.49. The summed E-state index contributed by atoms with van der Waals surface area (Å²) in [6.45, 7) is 3.73. The highest BCUT2D eigenvalue weighted by Gasteiger charge is 2.31. The van der Waals surface area contributed by atoms with Gasteiger partial charge in [-0.3, -0.25) is 4.79 Å². The zero-order valence-corrected chi connectivity index (χ0v) is 16.0. The maximum absolute atomic E-state index is 13.0. The zero-order valence-electron chi connectivity index (χ0n) is 15.2. The molecule has 2 rings (SSSR count). The van der Waals surface area contributed by atoms with Gasteiger partial charge in [0.05, 0.1) is 17.1 Å². The Bertz CT molecular complexity index is 834. The summed E-state index contributed by atoms with van der Waals surface area (Å²) in [4.78, 5) is 11.9. The van der Waals surface area contributed by atoms with E-state index in [1.165, 1.54) is 12.1 Å². The van der Waals surface area contributed by atoms with Gasteiger partial charge in [-0.2, -0.15) is 13.2 Å². The highest BCUT2D eigenvalue weighted by molar-refractivity contribution is 6.31. The van der Waals surface area contributed by atoms with Gasteiger partial charge in [-0.25, -0.2) is 0 Å². The molecule has 146 valence electrons. The lowest BCUT2D eigenvalue weighted by Crippen LogP contribution is -2.24. The SMILES string of the molecule is COC(C)(C)c1ccc(CC(C(N)=O)c2cccc(C(F)(F)F)c2)cc1Cl. The van der Waals surface area contributed by atoms with Crippen LogP contribution in [0.4, 0.5) is 13.2 Å². The van der Waals surface area contributed by atoms with Crippen LogP contribution in [-0.2, 0) is 27.7 Å². The van der Waals surface area contributed by atoms with E-state index in [4.69, 9.17) is 22.1 Å². The third kappa shape index (κ3) is 5.02. The van der Waals surface area contributed by atoms with Gasteiger partial charge in [-0.1, -0.05) is 41.9 Å². The highest BCUT2D eigenvalue weighted by atomic mass is 35.5. The van der Waals surface area contributed by atoms with E-state index >= 15 is 0 Å². The first-order valence-electron chi connectivity index (χ1n) is 8.26. The minimum Gasteiger partial charge on any atom is -0.374 e. The number of benzene rings is 2. The average molecular weight is 400 g/mol. The van der Waals surface area contributed by atoms with Gasteiger partial charge < -0.3 is 10.5 Å². The van der Waals surface area contributed by atoms with E-state index in [9.17, 15) is 18.0 Å². The number of ether oxygens (including phenoxy) is 1. The molecule has 1 amide bonds. The molecule has 7 heteroatoms. The molecule has 2 aromatic carbocycles. The monoisotopic (exact) mass is 399 g/mol. The first-order valence-corrected chi connectivity index (χ1v) is 8.64. The van der Waals surface area contributed by atoms with Crippen molar-refractivity contribution in [1.82, 2.24) is 0 Å². The molecule has 27 heavy (non-hydrogen) atoms. The molecule has 0 saturated heterocycles. The van der Waals surface area contributed by atoms with E-state index in [2.05, 4.69) is 0 Å². The Labute approximate surface area is 161 Å². The Morgan fingerprint density at radius 3 is 2.37 bits per heavy atom. The molecule has 2 aromatic rings. The molecule has 0 aliphatic carbocycles. The van der Waals surface area contributed by atoms with Gasteiger partial charge in [0.1, 0.15) is 0 Å². The Balaban J connectivity index is 2.35. The maximum Gasteiger partial charge on any atom is 0.416 e. The van der Waals surface area contributed by atoms with Gasteiger partial charge in [0.25, 0.3) is 0 Å². The molecule has 0 bridgehead atoms. The fourth-order valence-corrected chi connectivity index (χ4v) is 3.26. The number of primary amides is 1. The van der Waals surface area contributed by atoms with E-state index in [0.717, 1.165) is 17.7 Å². The summed E-state index contributed by atoms with van der Waals surface area (Å²) in [6.07, 6.45) is -4.35. The average Bonchev–Trinajstić information content (AvgIpc) is 2.58. The molecular formula is C20H21ClF3NO2. The van der Waals surface area contributed by atoms with Crippen molar-refractivity contribution in [3.05, 3.63) is 69.7 Å². The number of nitrogens with two attached hydrogens (primary N) is 1. The molecule has 0 spiro atoms. The van der Waals surface area contributed by atoms with Gasteiger partial charge in [-0.15, -0.1) is 0 Å². The number of halogens is 4. The predicted molar refractivity (Wildman–Crippen MR) is 98.6 cm³/mol.